The third kappa shape index (κ3) is 4.39. The third-order valence-corrected chi connectivity index (χ3v) is 5.91. The highest BCUT2D eigenvalue weighted by Crippen LogP contribution is 2.29. The lowest BCUT2D eigenvalue weighted by atomic mass is 10.1. The largest absolute Gasteiger partial charge is 0.462 e. The zero-order chi connectivity index (χ0) is 20.9. The SMILES string of the molecule is CCOC(=O)c1ccc2c(c1)nc(SCc1ccccc1C)n2Cc1ccccn1. The Bertz CT molecular complexity index is 1170. The lowest BCUT2D eigenvalue weighted by Crippen LogP contribution is -2.05. The standard InChI is InChI=1S/C24H23N3O2S/c1-3-29-23(28)18-11-12-22-21(14-18)26-24(27(22)15-20-10-6-7-13-25-20)30-16-19-9-5-4-8-17(19)2/h4-14H,3,15-16H2,1-2H3. The summed E-state index contributed by atoms with van der Waals surface area (Å²) in [5.74, 6) is 0.496. The van der Waals surface area contributed by atoms with E-state index in [2.05, 4.69) is 40.7 Å². The van der Waals surface area contributed by atoms with Crippen LogP contribution in [0.15, 0.2) is 72.0 Å². The van der Waals surface area contributed by atoms with Gasteiger partial charge in [-0.25, -0.2) is 9.78 Å². The van der Waals surface area contributed by atoms with Gasteiger partial charge in [-0.1, -0.05) is 42.1 Å². The van der Waals surface area contributed by atoms with Gasteiger partial charge in [0.15, 0.2) is 5.16 Å². The van der Waals surface area contributed by atoms with Gasteiger partial charge in [0.25, 0.3) is 0 Å². The minimum Gasteiger partial charge on any atom is -0.462 e. The summed E-state index contributed by atoms with van der Waals surface area (Å²) < 4.78 is 7.30. The monoisotopic (exact) mass is 417 g/mol. The van der Waals surface area contributed by atoms with E-state index in [0.717, 1.165) is 27.6 Å². The first-order valence-corrected chi connectivity index (χ1v) is 10.9. The zero-order valence-corrected chi connectivity index (χ0v) is 17.9. The molecule has 2 aromatic heterocycles. The van der Waals surface area contributed by atoms with Crippen LogP contribution in [0.1, 0.15) is 34.1 Å². The van der Waals surface area contributed by atoms with E-state index in [-0.39, 0.29) is 5.97 Å². The van der Waals surface area contributed by atoms with Gasteiger partial charge >= 0.3 is 5.97 Å². The topological polar surface area (TPSA) is 57.0 Å². The van der Waals surface area contributed by atoms with Crippen molar-refractivity contribution in [2.24, 2.45) is 0 Å². The van der Waals surface area contributed by atoms with Crippen molar-refractivity contribution in [3.63, 3.8) is 0 Å². The Kier molecular flexibility index (Phi) is 6.14. The third-order valence-electron chi connectivity index (χ3n) is 4.89. The minimum atomic E-state index is -0.326. The molecule has 0 aliphatic carbocycles. The number of aromatic nitrogens is 3. The Balaban J connectivity index is 1.71. The molecule has 0 amide bonds. The Labute approximate surface area is 180 Å². The minimum absolute atomic E-state index is 0.326. The normalized spacial score (nSPS) is 11.0. The molecule has 4 aromatic rings. The van der Waals surface area contributed by atoms with E-state index in [1.54, 1.807) is 37.0 Å². The number of ether oxygens (including phenoxy) is 1. The van der Waals surface area contributed by atoms with Crippen LogP contribution in [0.3, 0.4) is 0 Å². The Morgan fingerprint density at radius 2 is 1.93 bits per heavy atom. The van der Waals surface area contributed by atoms with E-state index < -0.39 is 0 Å². The Morgan fingerprint density at radius 1 is 1.10 bits per heavy atom. The number of imidazole rings is 1. The summed E-state index contributed by atoms with van der Waals surface area (Å²) in [6.07, 6.45) is 1.80. The molecule has 6 heteroatoms. The highest BCUT2D eigenvalue weighted by Gasteiger charge is 2.16. The van der Waals surface area contributed by atoms with Crippen LogP contribution in [0.5, 0.6) is 0 Å². The number of hydrogen-bond donors (Lipinski definition) is 0. The van der Waals surface area contributed by atoms with Crippen molar-refractivity contribution in [1.29, 1.82) is 0 Å². The van der Waals surface area contributed by atoms with Gasteiger partial charge in [-0.05, 0) is 55.3 Å². The number of fused-ring (bicyclic) bond motifs is 1. The average molecular weight is 418 g/mol. The van der Waals surface area contributed by atoms with Crippen molar-refractivity contribution in [2.45, 2.75) is 31.3 Å². The van der Waals surface area contributed by atoms with Gasteiger partial charge in [-0.15, -0.1) is 0 Å². The zero-order valence-electron chi connectivity index (χ0n) is 17.0. The molecule has 0 radical (unpaired) electrons. The maximum absolute atomic E-state index is 12.1. The molecule has 0 atom stereocenters. The average Bonchev–Trinajstić information content (AvgIpc) is 3.10. The molecular formula is C24H23N3O2S. The molecule has 0 fully saturated rings. The number of hydrogen-bond acceptors (Lipinski definition) is 5. The number of thioether (sulfide) groups is 1. The van der Waals surface area contributed by atoms with E-state index in [4.69, 9.17) is 9.72 Å². The molecule has 4 rings (SSSR count). The van der Waals surface area contributed by atoms with Crippen molar-refractivity contribution < 1.29 is 9.53 Å². The van der Waals surface area contributed by atoms with Gasteiger partial charge < -0.3 is 9.30 Å². The van der Waals surface area contributed by atoms with Gasteiger partial charge in [-0.2, -0.15) is 0 Å². The number of carbonyl (C=O) groups excluding carboxylic acids is 1. The molecule has 2 heterocycles. The van der Waals surface area contributed by atoms with Crippen LogP contribution in [0.25, 0.3) is 11.0 Å². The van der Waals surface area contributed by atoms with E-state index in [1.165, 1.54) is 11.1 Å². The van der Waals surface area contributed by atoms with Crippen molar-refractivity contribution in [2.75, 3.05) is 6.61 Å². The summed E-state index contributed by atoms with van der Waals surface area (Å²) in [6, 6.07) is 19.8. The molecule has 0 saturated heterocycles. The maximum Gasteiger partial charge on any atom is 0.338 e. The second-order valence-electron chi connectivity index (χ2n) is 6.94. The molecule has 0 aliphatic heterocycles. The lowest BCUT2D eigenvalue weighted by Gasteiger charge is -2.10. The van der Waals surface area contributed by atoms with Crippen molar-refractivity contribution >= 4 is 28.8 Å². The van der Waals surface area contributed by atoms with Crippen molar-refractivity contribution in [1.82, 2.24) is 14.5 Å². The summed E-state index contributed by atoms with van der Waals surface area (Å²) in [4.78, 5) is 21.5. The second-order valence-corrected chi connectivity index (χ2v) is 7.88. The van der Waals surface area contributed by atoms with Gasteiger partial charge in [-0.3, -0.25) is 4.98 Å². The number of esters is 1. The van der Waals surface area contributed by atoms with Crippen LogP contribution in [-0.4, -0.2) is 27.1 Å². The molecule has 0 spiro atoms. The van der Waals surface area contributed by atoms with Crippen LogP contribution in [0.2, 0.25) is 0 Å². The first-order valence-electron chi connectivity index (χ1n) is 9.90. The Hall–Kier alpha value is -3.12. The predicted molar refractivity (Wildman–Crippen MR) is 120 cm³/mol. The first kappa shape index (κ1) is 20.2. The van der Waals surface area contributed by atoms with E-state index in [9.17, 15) is 4.79 Å². The highest BCUT2D eigenvalue weighted by molar-refractivity contribution is 7.98. The summed E-state index contributed by atoms with van der Waals surface area (Å²) in [5, 5.41) is 0.903. The molecule has 0 unspecified atom stereocenters. The second kappa shape index (κ2) is 9.13. The van der Waals surface area contributed by atoms with Gasteiger partial charge in [0.05, 0.1) is 35.4 Å². The smallest absolute Gasteiger partial charge is 0.338 e. The molecule has 30 heavy (non-hydrogen) atoms. The summed E-state index contributed by atoms with van der Waals surface area (Å²) >= 11 is 1.69. The summed E-state index contributed by atoms with van der Waals surface area (Å²) in [7, 11) is 0. The number of rotatable bonds is 7. The Morgan fingerprint density at radius 3 is 2.70 bits per heavy atom. The van der Waals surface area contributed by atoms with Crippen molar-refractivity contribution in [3.05, 3.63) is 89.2 Å². The fourth-order valence-electron chi connectivity index (χ4n) is 3.28. The van der Waals surface area contributed by atoms with Gasteiger partial charge in [0, 0.05) is 11.9 Å². The quantitative estimate of drug-likeness (QED) is 0.303. The van der Waals surface area contributed by atoms with Gasteiger partial charge in [0.1, 0.15) is 0 Å². The maximum atomic E-state index is 12.1. The number of pyridine rings is 1. The molecular weight excluding hydrogens is 394 g/mol. The lowest BCUT2D eigenvalue weighted by molar-refractivity contribution is 0.0526. The van der Waals surface area contributed by atoms with Crippen molar-refractivity contribution in [3.8, 4) is 0 Å². The van der Waals surface area contributed by atoms with E-state index in [1.807, 2.05) is 24.3 Å². The molecule has 2 aromatic carbocycles. The molecule has 0 aliphatic rings. The number of nitrogens with zero attached hydrogens (tertiary/aromatic N) is 3. The molecule has 0 N–H and O–H groups in total. The summed E-state index contributed by atoms with van der Waals surface area (Å²) in [6.45, 7) is 4.89. The van der Waals surface area contributed by atoms with E-state index in [0.29, 0.717) is 18.7 Å². The fraction of sp³-hybridized carbons (Fsp3) is 0.208. The number of aryl methyl sites for hydroxylation is 1. The highest BCUT2D eigenvalue weighted by atomic mass is 32.2. The van der Waals surface area contributed by atoms with Crippen LogP contribution in [0, 0.1) is 6.92 Å². The van der Waals surface area contributed by atoms with Gasteiger partial charge in [0.2, 0.25) is 0 Å². The van der Waals surface area contributed by atoms with Crippen LogP contribution >= 0.6 is 11.8 Å². The predicted octanol–water partition coefficient (Wildman–Crippen LogP) is 5.26. The molecule has 5 nitrogen and oxygen atoms in total. The molecule has 0 saturated carbocycles. The summed E-state index contributed by atoms with van der Waals surface area (Å²) in [5.41, 5.74) is 5.78. The first-order chi connectivity index (χ1) is 14.7. The fourth-order valence-corrected chi connectivity index (χ4v) is 4.37. The van der Waals surface area contributed by atoms with E-state index >= 15 is 0 Å². The molecule has 0 bridgehead atoms. The van der Waals surface area contributed by atoms with Crippen LogP contribution in [-0.2, 0) is 17.0 Å². The van der Waals surface area contributed by atoms with Crippen LogP contribution in [0.4, 0.5) is 0 Å². The number of benzene rings is 2. The number of carbonyl (C=O) groups is 1. The van der Waals surface area contributed by atoms with Crippen LogP contribution < -0.4 is 0 Å². The molecule has 152 valence electrons.